The molecule has 0 aromatic carbocycles. The van der Waals surface area contributed by atoms with Crippen molar-refractivity contribution in [1.29, 1.82) is 0 Å². The van der Waals surface area contributed by atoms with Crippen LogP contribution < -0.4 is 0 Å². The van der Waals surface area contributed by atoms with Crippen molar-refractivity contribution in [3.63, 3.8) is 0 Å². The fourth-order valence-electron chi connectivity index (χ4n) is 2.75. The number of aromatic nitrogens is 4. The van der Waals surface area contributed by atoms with Crippen LogP contribution in [0, 0.1) is 0 Å². The van der Waals surface area contributed by atoms with Crippen LogP contribution in [-0.4, -0.2) is 19.7 Å². The van der Waals surface area contributed by atoms with Crippen molar-refractivity contribution < 1.29 is 0 Å². The van der Waals surface area contributed by atoms with Crippen molar-refractivity contribution in [2.45, 2.75) is 31.1 Å². The molecule has 4 nitrogen and oxygen atoms in total. The molecular formula is C11H13BrN4S. The van der Waals surface area contributed by atoms with E-state index in [9.17, 15) is 0 Å². The summed E-state index contributed by atoms with van der Waals surface area (Å²) in [5.41, 5.74) is 0.0366. The molecular weight excluding hydrogens is 300 g/mol. The van der Waals surface area contributed by atoms with Crippen molar-refractivity contribution in [3.05, 3.63) is 27.1 Å². The van der Waals surface area contributed by atoms with Crippen LogP contribution in [0.2, 0.25) is 0 Å². The summed E-state index contributed by atoms with van der Waals surface area (Å²) in [6.45, 7) is 0. The molecule has 0 radical (unpaired) electrons. The first-order chi connectivity index (χ1) is 8.22. The highest BCUT2D eigenvalue weighted by molar-refractivity contribution is 9.11. The lowest BCUT2D eigenvalue weighted by molar-refractivity contribution is 0.488. The van der Waals surface area contributed by atoms with E-state index in [2.05, 4.69) is 31.1 Å². The first kappa shape index (κ1) is 11.3. The van der Waals surface area contributed by atoms with Gasteiger partial charge in [0.25, 0.3) is 0 Å². The fourth-order valence-corrected chi connectivity index (χ4v) is 4.26. The largest absolute Gasteiger partial charge is 0.320 e. The second kappa shape index (κ2) is 4.17. The normalized spacial score (nSPS) is 18.7. The van der Waals surface area contributed by atoms with Crippen LogP contribution in [0.25, 0.3) is 0 Å². The van der Waals surface area contributed by atoms with Crippen LogP contribution in [0.1, 0.15) is 36.4 Å². The second-order valence-corrected chi connectivity index (χ2v) is 6.84. The molecule has 90 valence electrons. The van der Waals surface area contributed by atoms with Crippen LogP contribution in [0.4, 0.5) is 0 Å². The van der Waals surface area contributed by atoms with E-state index in [1.807, 2.05) is 17.8 Å². The summed E-state index contributed by atoms with van der Waals surface area (Å²) in [6, 6.07) is 0. The molecule has 0 spiro atoms. The van der Waals surface area contributed by atoms with Gasteiger partial charge in [-0.3, -0.25) is 0 Å². The maximum atomic E-state index is 4.33. The third-order valence-electron chi connectivity index (χ3n) is 3.55. The molecule has 0 saturated heterocycles. The van der Waals surface area contributed by atoms with E-state index in [1.165, 1.54) is 17.7 Å². The molecule has 0 unspecified atom stereocenters. The third kappa shape index (κ3) is 1.74. The van der Waals surface area contributed by atoms with Gasteiger partial charge >= 0.3 is 0 Å². The zero-order chi connectivity index (χ0) is 11.9. The number of nitrogens with zero attached hydrogens (tertiary/aromatic N) is 4. The summed E-state index contributed by atoms with van der Waals surface area (Å²) in [6.07, 6.45) is 8.56. The predicted molar refractivity (Wildman–Crippen MR) is 70.1 cm³/mol. The Bertz CT molecular complexity index is 527. The van der Waals surface area contributed by atoms with Crippen LogP contribution in [0.5, 0.6) is 0 Å². The lowest BCUT2D eigenvalue weighted by atomic mass is 9.84. The number of rotatable bonds is 2. The van der Waals surface area contributed by atoms with E-state index < -0.39 is 0 Å². The standard InChI is InChI=1S/C11H13BrN4S/c1-16-7-14-15-9(16)11(4-2-3-5-11)8-6-13-10(12)17-8/h6-7H,2-5H2,1H3. The Morgan fingerprint density at radius 3 is 2.71 bits per heavy atom. The van der Waals surface area contributed by atoms with Gasteiger partial charge in [-0.1, -0.05) is 12.8 Å². The Morgan fingerprint density at radius 2 is 2.18 bits per heavy atom. The molecule has 2 heterocycles. The van der Waals surface area contributed by atoms with E-state index >= 15 is 0 Å². The minimum absolute atomic E-state index is 0.0366. The van der Waals surface area contributed by atoms with E-state index in [-0.39, 0.29) is 5.41 Å². The van der Waals surface area contributed by atoms with Gasteiger partial charge in [-0.15, -0.1) is 21.5 Å². The van der Waals surface area contributed by atoms with Gasteiger partial charge in [-0.2, -0.15) is 0 Å². The SMILES string of the molecule is Cn1cnnc1C1(c2cnc(Br)s2)CCCC1. The minimum atomic E-state index is 0.0366. The van der Waals surface area contributed by atoms with Gasteiger partial charge in [0.05, 0.1) is 5.41 Å². The Labute approximate surface area is 112 Å². The maximum absolute atomic E-state index is 4.33. The summed E-state index contributed by atoms with van der Waals surface area (Å²) >= 11 is 5.17. The summed E-state index contributed by atoms with van der Waals surface area (Å²) in [4.78, 5) is 5.63. The van der Waals surface area contributed by atoms with Gasteiger partial charge in [-0.25, -0.2) is 4.98 Å². The molecule has 0 amide bonds. The topological polar surface area (TPSA) is 43.6 Å². The summed E-state index contributed by atoms with van der Waals surface area (Å²) in [7, 11) is 2.02. The summed E-state index contributed by atoms with van der Waals surface area (Å²) < 4.78 is 2.99. The van der Waals surface area contributed by atoms with E-state index in [0.717, 1.165) is 22.6 Å². The lowest BCUT2D eigenvalue weighted by Crippen LogP contribution is -2.26. The quantitative estimate of drug-likeness (QED) is 0.856. The summed E-state index contributed by atoms with van der Waals surface area (Å²) in [5, 5.41) is 8.36. The number of thiazole rings is 1. The molecule has 2 aromatic heterocycles. The van der Waals surface area contributed by atoms with Crippen LogP contribution in [0.3, 0.4) is 0 Å². The zero-order valence-corrected chi connectivity index (χ0v) is 12.0. The fraction of sp³-hybridized carbons (Fsp3) is 0.545. The van der Waals surface area contributed by atoms with Gasteiger partial charge in [0, 0.05) is 18.1 Å². The molecule has 0 N–H and O–H groups in total. The number of halogens is 1. The van der Waals surface area contributed by atoms with Gasteiger partial charge in [0.1, 0.15) is 12.2 Å². The molecule has 1 aliphatic rings. The maximum Gasteiger partial charge on any atom is 0.159 e. The van der Waals surface area contributed by atoms with Crippen molar-refractivity contribution in [3.8, 4) is 0 Å². The van der Waals surface area contributed by atoms with Crippen molar-refractivity contribution in [2.24, 2.45) is 7.05 Å². The van der Waals surface area contributed by atoms with Crippen molar-refractivity contribution in [1.82, 2.24) is 19.7 Å². The molecule has 1 aliphatic carbocycles. The predicted octanol–water partition coefficient (Wildman–Crippen LogP) is 2.89. The molecule has 0 bridgehead atoms. The van der Waals surface area contributed by atoms with E-state index in [1.54, 1.807) is 17.7 Å². The molecule has 0 atom stereocenters. The average molecular weight is 313 g/mol. The Kier molecular flexibility index (Phi) is 2.78. The van der Waals surface area contributed by atoms with Gasteiger partial charge in [-0.05, 0) is 28.8 Å². The molecule has 17 heavy (non-hydrogen) atoms. The monoisotopic (exact) mass is 312 g/mol. The highest BCUT2D eigenvalue weighted by Crippen LogP contribution is 2.47. The van der Waals surface area contributed by atoms with Gasteiger partial charge in [0.2, 0.25) is 0 Å². The number of aryl methyl sites for hydroxylation is 1. The molecule has 1 fully saturated rings. The minimum Gasteiger partial charge on any atom is -0.320 e. The van der Waals surface area contributed by atoms with E-state index in [4.69, 9.17) is 0 Å². The number of hydrogen-bond donors (Lipinski definition) is 0. The van der Waals surface area contributed by atoms with Gasteiger partial charge in [0.15, 0.2) is 3.92 Å². The van der Waals surface area contributed by atoms with Gasteiger partial charge < -0.3 is 4.57 Å². The number of hydrogen-bond acceptors (Lipinski definition) is 4. The highest BCUT2D eigenvalue weighted by Gasteiger charge is 2.42. The Balaban J connectivity index is 2.14. The molecule has 2 aromatic rings. The molecule has 1 saturated carbocycles. The van der Waals surface area contributed by atoms with E-state index in [0.29, 0.717) is 0 Å². The average Bonchev–Trinajstić information content (AvgIpc) is 2.97. The molecule has 3 rings (SSSR count). The van der Waals surface area contributed by atoms with Crippen LogP contribution >= 0.6 is 27.3 Å². The highest BCUT2D eigenvalue weighted by atomic mass is 79.9. The lowest BCUT2D eigenvalue weighted by Gasteiger charge is -2.25. The first-order valence-electron chi connectivity index (χ1n) is 5.69. The molecule has 6 heteroatoms. The van der Waals surface area contributed by atoms with Crippen LogP contribution in [-0.2, 0) is 12.5 Å². The van der Waals surface area contributed by atoms with Crippen LogP contribution in [0.15, 0.2) is 16.4 Å². The summed E-state index contributed by atoms with van der Waals surface area (Å²) in [5.74, 6) is 1.08. The Hall–Kier alpha value is -0.750. The van der Waals surface area contributed by atoms with Crippen molar-refractivity contribution in [2.75, 3.05) is 0 Å². The second-order valence-electron chi connectivity index (χ2n) is 4.53. The first-order valence-corrected chi connectivity index (χ1v) is 7.30. The zero-order valence-electron chi connectivity index (χ0n) is 9.56. The van der Waals surface area contributed by atoms with Crippen molar-refractivity contribution >= 4 is 27.3 Å². The Morgan fingerprint density at radius 1 is 1.41 bits per heavy atom. The molecule has 0 aliphatic heterocycles. The smallest absolute Gasteiger partial charge is 0.159 e. The third-order valence-corrected chi connectivity index (χ3v) is 5.23.